The summed E-state index contributed by atoms with van der Waals surface area (Å²) < 4.78 is 5.10. The van der Waals surface area contributed by atoms with Crippen molar-refractivity contribution in [3.8, 4) is 0 Å². The number of ether oxygens (including phenoxy) is 1. The van der Waals surface area contributed by atoms with Crippen LogP contribution >= 0.6 is 11.6 Å². The van der Waals surface area contributed by atoms with Crippen LogP contribution in [0.5, 0.6) is 0 Å². The number of nitrogens with zero attached hydrogens (tertiary/aromatic N) is 2. The van der Waals surface area contributed by atoms with E-state index in [2.05, 4.69) is 23.7 Å². The van der Waals surface area contributed by atoms with Gasteiger partial charge in [-0.15, -0.1) is 0 Å². The predicted molar refractivity (Wildman–Crippen MR) is 72.6 cm³/mol. The zero-order chi connectivity index (χ0) is 12.8. The maximum atomic E-state index is 6.16. The minimum Gasteiger partial charge on any atom is -0.397 e. The molecule has 0 radical (unpaired) electrons. The Morgan fingerprint density at radius 2 is 2.24 bits per heavy atom. The van der Waals surface area contributed by atoms with E-state index >= 15 is 0 Å². The fourth-order valence-corrected chi connectivity index (χ4v) is 1.90. The van der Waals surface area contributed by atoms with Crippen molar-refractivity contribution < 1.29 is 4.74 Å². The summed E-state index contributed by atoms with van der Waals surface area (Å²) in [6.07, 6.45) is 1.63. The van der Waals surface area contributed by atoms with Crippen molar-refractivity contribution >= 4 is 23.1 Å². The van der Waals surface area contributed by atoms with Crippen LogP contribution in [0.2, 0.25) is 5.02 Å². The van der Waals surface area contributed by atoms with Crippen LogP contribution in [0.25, 0.3) is 0 Å². The highest BCUT2D eigenvalue weighted by molar-refractivity contribution is 6.33. The lowest BCUT2D eigenvalue weighted by molar-refractivity contribution is 0.204. The Bertz CT molecular complexity index is 358. The zero-order valence-electron chi connectivity index (χ0n) is 10.6. The molecule has 17 heavy (non-hydrogen) atoms. The third kappa shape index (κ3) is 4.40. The number of nitrogens with two attached hydrogens (primary N) is 1. The SMILES string of the molecule is COCCN(CC(C)C)c1ncc(N)cc1Cl. The normalized spacial score (nSPS) is 10.9. The number of hydrogen-bond acceptors (Lipinski definition) is 4. The van der Waals surface area contributed by atoms with Gasteiger partial charge in [-0.05, 0) is 12.0 Å². The van der Waals surface area contributed by atoms with Gasteiger partial charge in [0.2, 0.25) is 0 Å². The van der Waals surface area contributed by atoms with E-state index in [4.69, 9.17) is 22.1 Å². The van der Waals surface area contributed by atoms with Crippen LogP contribution in [0.15, 0.2) is 12.3 Å². The second kappa shape index (κ2) is 6.67. The molecule has 0 atom stereocenters. The molecule has 0 bridgehead atoms. The monoisotopic (exact) mass is 257 g/mol. The molecule has 0 amide bonds. The minimum absolute atomic E-state index is 0.530. The van der Waals surface area contributed by atoms with E-state index in [9.17, 15) is 0 Å². The summed E-state index contributed by atoms with van der Waals surface area (Å²) in [7, 11) is 1.69. The van der Waals surface area contributed by atoms with Crippen LogP contribution < -0.4 is 10.6 Å². The van der Waals surface area contributed by atoms with Crippen LogP contribution in [0.1, 0.15) is 13.8 Å². The van der Waals surface area contributed by atoms with Gasteiger partial charge in [0, 0.05) is 20.2 Å². The topological polar surface area (TPSA) is 51.4 Å². The van der Waals surface area contributed by atoms with Gasteiger partial charge in [-0.2, -0.15) is 0 Å². The molecule has 0 fully saturated rings. The highest BCUT2D eigenvalue weighted by Crippen LogP contribution is 2.25. The van der Waals surface area contributed by atoms with E-state index < -0.39 is 0 Å². The number of halogens is 1. The van der Waals surface area contributed by atoms with Gasteiger partial charge in [-0.3, -0.25) is 0 Å². The minimum atomic E-state index is 0.530. The Morgan fingerprint density at radius 1 is 1.53 bits per heavy atom. The van der Waals surface area contributed by atoms with E-state index in [1.54, 1.807) is 19.4 Å². The third-order valence-corrected chi connectivity index (χ3v) is 2.57. The van der Waals surface area contributed by atoms with E-state index in [-0.39, 0.29) is 0 Å². The largest absolute Gasteiger partial charge is 0.397 e. The van der Waals surface area contributed by atoms with Gasteiger partial charge in [0.05, 0.1) is 23.5 Å². The van der Waals surface area contributed by atoms with Crippen molar-refractivity contribution in [2.75, 3.05) is 37.4 Å². The number of rotatable bonds is 6. The van der Waals surface area contributed by atoms with Gasteiger partial charge in [0.15, 0.2) is 0 Å². The zero-order valence-corrected chi connectivity index (χ0v) is 11.4. The first-order valence-corrected chi connectivity index (χ1v) is 6.07. The van der Waals surface area contributed by atoms with Crippen molar-refractivity contribution in [1.29, 1.82) is 0 Å². The molecule has 5 heteroatoms. The smallest absolute Gasteiger partial charge is 0.147 e. The van der Waals surface area contributed by atoms with Crippen molar-refractivity contribution in [2.45, 2.75) is 13.8 Å². The van der Waals surface area contributed by atoms with Crippen LogP contribution in [-0.4, -0.2) is 31.8 Å². The lowest BCUT2D eigenvalue weighted by Gasteiger charge is -2.26. The third-order valence-electron chi connectivity index (χ3n) is 2.29. The average molecular weight is 258 g/mol. The summed E-state index contributed by atoms with van der Waals surface area (Å²) in [5.74, 6) is 1.30. The molecule has 0 saturated carbocycles. The van der Waals surface area contributed by atoms with Crippen LogP contribution in [0.3, 0.4) is 0 Å². The van der Waals surface area contributed by atoms with Crippen molar-refractivity contribution in [3.63, 3.8) is 0 Å². The summed E-state index contributed by atoms with van der Waals surface area (Å²) in [5, 5.41) is 0.585. The van der Waals surface area contributed by atoms with Gasteiger partial charge < -0.3 is 15.4 Å². The van der Waals surface area contributed by atoms with E-state index in [0.717, 1.165) is 18.9 Å². The van der Waals surface area contributed by atoms with Crippen molar-refractivity contribution in [3.05, 3.63) is 17.3 Å². The average Bonchev–Trinajstić information content (AvgIpc) is 2.24. The molecule has 1 rings (SSSR count). The fraction of sp³-hybridized carbons (Fsp3) is 0.583. The second-order valence-electron chi connectivity index (χ2n) is 4.41. The molecule has 4 nitrogen and oxygen atoms in total. The van der Waals surface area contributed by atoms with Gasteiger partial charge in [-0.1, -0.05) is 25.4 Å². The highest BCUT2D eigenvalue weighted by Gasteiger charge is 2.13. The molecule has 0 unspecified atom stereocenters. The van der Waals surface area contributed by atoms with Crippen LogP contribution in [0.4, 0.5) is 11.5 Å². The standard InChI is InChI=1S/C12H20ClN3O/c1-9(2)8-16(4-5-17-3)12-11(13)6-10(14)7-15-12/h6-7,9H,4-5,8,14H2,1-3H3. The van der Waals surface area contributed by atoms with E-state index in [1.165, 1.54) is 0 Å². The molecule has 0 spiro atoms. The summed E-state index contributed by atoms with van der Waals surface area (Å²) in [6, 6.07) is 1.73. The number of pyridine rings is 1. The summed E-state index contributed by atoms with van der Waals surface area (Å²) >= 11 is 6.16. The quantitative estimate of drug-likeness (QED) is 0.850. The Balaban J connectivity index is 2.86. The molecule has 0 aliphatic rings. The molecular formula is C12H20ClN3O. The van der Waals surface area contributed by atoms with Gasteiger partial charge in [-0.25, -0.2) is 4.98 Å². The maximum Gasteiger partial charge on any atom is 0.147 e. The van der Waals surface area contributed by atoms with Crippen molar-refractivity contribution in [2.24, 2.45) is 5.92 Å². The lowest BCUT2D eigenvalue weighted by atomic mass is 10.2. The second-order valence-corrected chi connectivity index (χ2v) is 4.81. The van der Waals surface area contributed by atoms with Crippen LogP contribution in [0, 0.1) is 5.92 Å². The molecule has 1 aromatic rings. The van der Waals surface area contributed by atoms with Gasteiger partial charge in [0.25, 0.3) is 0 Å². The molecule has 0 aliphatic carbocycles. The number of methoxy groups -OCH3 is 1. The lowest BCUT2D eigenvalue weighted by Crippen LogP contribution is -2.31. The van der Waals surface area contributed by atoms with Crippen LogP contribution in [-0.2, 0) is 4.74 Å². The number of anilines is 2. The molecule has 1 heterocycles. The Morgan fingerprint density at radius 3 is 2.76 bits per heavy atom. The maximum absolute atomic E-state index is 6.16. The first kappa shape index (κ1) is 14.1. The van der Waals surface area contributed by atoms with E-state index in [0.29, 0.717) is 23.2 Å². The Hall–Kier alpha value is -1.00. The van der Waals surface area contributed by atoms with Gasteiger partial charge in [0.1, 0.15) is 5.82 Å². The number of aromatic nitrogens is 1. The highest BCUT2D eigenvalue weighted by atomic mass is 35.5. The molecule has 2 N–H and O–H groups in total. The molecule has 96 valence electrons. The van der Waals surface area contributed by atoms with Crippen molar-refractivity contribution in [1.82, 2.24) is 4.98 Å². The Kier molecular flexibility index (Phi) is 5.51. The Labute approximate surface area is 108 Å². The molecule has 0 saturated heterocycles. The number of hydrogen-bond donors (Lipinski definition) is 1. The molecule has 1 aromatic heterocycles. The van der Waals surface area contributed by atoms with E-state index in [1.807, 2.05) is 0 Å². The first-order chi connectivity index (χ1) is 8.04. The number of nitrogen functional groups attached to an aromatic ring is 1. The van der Waals surface area contributed by atoms with Gasteiger partial charge >= 0.3 is 0 Å². The summed E-state index contributed by atoms with van der Waals surface area (Å²) in [5.41, 5.74) is 6.22. The predicted octanol–water partition coefficient (Wildman–Crippen LogP) is 2.43. The summed E-state index contributed by atoms with van der Waals surface area (Å²) in [4.78, 5) is 6.42. The fourth-order valence-electron chi connectivity index (χ4n) is 1.60. The molecule has 0 aromatic carbocycles. The summed E-state index contributed by atoms with van der Waals surface area (Å²) in [6.45, 7) is 6.62. The molecular weight excluding hydrogens is 238 g/mol. The molecule has 0 aliphatic heterocycles. The first-order valence-electron chi connectivity index (χ1n) is 5.69.